The summed E-state index contributed by atoms with van der Waals surface area (Å²) < 4.78 is 13.2. The molecule has 1 aromatic carbocycles. The van der Waals surface area contributed by atoms with Crippen molar-refractivity contribution in [3.63, 3.8) is 0 Å². The smallest absolute Gasteiger partial charge is 0.306 e. The fraction of sp³-hybridized carbons (Fsp3) is 0.333. The van der Waals surface area contributed by atoms with Crippen LogP contribution in [0.1, 0.15) is 23.7 Å². The molecule has 1 unspecified atom stereocenters. The molecule has 0 radical (unpaired) electrons. The second kappa shape index (κ2) is 5.66. The van der Waals surface area contributed by atoms with Gasteiger partial charge in [0, 0.05) is 6.54 Å². The number of halogens is 1. The molecule has 0 aromatic heterocycles. The van der Waals surface area contributed by atoms with Crippen molar-refractivity contribution < 1.29 is 24.2 Å². The molecule has 1 amide bonds. The molecule has 7 heteroatoms. The molecule has 0 aliphatic carbocycles. The van der Waals surface area contributed by atoms with Crippen molar-refractivity contribution in [2.24, 2.45) is 0 Å². The lowest BCUT2D eigenvalue weighted by atomic mass is 10.0. The number of benzene rings is 1. The third-order valence-electron chi connectivity index (χ3n) is 2.46. The topological polar surface area (TPSA) is 113 Å². The summed E-state index contributed by atoms with van der Waals surface area (Å²) >= 11 is 0. The van der Waals surface area contributed by atoms with E-state index in [2.05, 4.69) is 5.32 Å². The molecule has 1 atom stereocenters. The van der Waals surface area contributed by atoms with Crippen molar-refractivity contribution >= 4 is 17.6 Å². The number of carbonyl (C=O) groups is 2. The summed E-state index contributed by atoms with van der Waals surface area (Å²) in [6.07, 6.45) is -0.522. The van der Waals surface area contributed by atoms with Crippen molar-refractivity contribution in [1.29, 1.82) is 0 Å². The van der Waals surface area contributed by atoms with Crippen molar-refractivity contribution in [3.05, 3.63) is 29.6 Å². The van der Waals surface area contributed by atoms with Gasteiger partial charge in [-0.3, -0.25) is 9.59 Å². The minimum absolute atomic E-state index is 0.0638. The van der Waals surface area contributed by atoms with Crippen molar-refractivity contribution in [1.82, 2.24) is 5.32 Å². The highest BCUT2D eigenvalue weighted by molar-refractivity contribution is 5.99. The number of carboxylic acid groups (broad SMARTS) is 1. The van der Waals surface area contributed by atoms with E-state index in [1.54, 1.807) is 0 Å². The van der Waals surface area contributed by atoms with E-state index in [9.17, 15) is 19.1 Å². The number of para-hydroxylation sites is 1. The predicted octanol–water partition coefficient (Wildman–Crippen LogP) is 0.363. The molecule has 19 heavy (non-hydrogen) atoms. The highest BCUT2D eigenvalue weighted by Crippen LogP contribution is 2.16. The lowest BCUT2D eigenvalue weighted by Crippen LogP contribution is -2.42. The van der Waals surface area contributed by atoms with Crippen molar-refractivity contribution in [2.45, 2.75) is 18.9 Å². The summed E-state index contributed by atoms with van der Waals surface area (Å²) in [7, 11) is 0. The van der Waals surface area contributed by atoms with Gasteiger partial charge in [-0.1, -0.05) is 6.07 Å². The highest BCUT2D eigenvalue weighted by atomic mass is 19.1. The van der Waals surface area contributed by atoms with Gasteiger partial charge in [0.05, 0.1) is 23.3 Å². The highest BCUT2D eigenvalue weighted by Gasteiger charge is 2.25. The maximum absolute atomic E-state index is 13.2. The first-order valence-corrected chi connectivity index (χ1v) is 5.49. The van der Waals surface area contributed by atoms with Crippen LogP contribution in [0.5, 0.6) is 0 Å². The summed E-state index contributed by atoms with van der Waals surface area (Å²) in [5, 5.41) is 20.6. The predicted molar refractivity (Wildman–Crippen MR) is 66.0 cm³/mol. The molecule has 0 heterocycles. The molecule has 0 bridgehead atoms. The van der Waals surface area contributed by atoms with E-state index in [1.165, 1.54) is 19.1 Å². The van der Waals surface area contributed by atoms with Gasteiger partial charge in [-0.05, 0) is 19.1 Å². The van der Waals surface area contributed by atoms with Crippen molar-refractivity contribution in [3.8, 4) is 0 Å². The molecule has 0 fully saturated rings. The first-order valence-electron chi connectivity index (χ1n) is 5.49. The second-order valence-electron chi connectivity index (χ2n) is 4.45. The third kappa shape index (κ3) is 4.22. The fourth-order valence-electron chi connectivity index (χ4n) is 1.49. The van der Waals surface area contributed by atoms with Gasteiger partial charge in [0.2, 0.25) is 0 Å². The van der Waals surface area contributed by atoms with Crippen LogP contribution in [0.3, 0.4) is 0 Å². The molecular weight excluding hydrogens is 255 g/mol. The van der Waals surface area contributed by atoms with Gasteiger partial charge < -0.3 is 21.3 Å². The van der Waals surface area contributed by atoms with Crippen LogP contribution in [0, 0.1) is 5.82 Å². The van der Waals surface area contributed by atoms with Gasteiger partial charge in [-0.2, -0.15) is 0 Å². The van der Waals surface area contributed by atoms with E-state index in [-0.39, 0.29) is 17.8 Å². The summed E-state index contributed by atoms with van der Waals surface area (Å²) in [6.45, 7) is 0.990. The Morgan fingerprint density at radius 3 is 2.68 bits per heavy atom. The standard InChI is InChI=1S/C12H15FN2O4/c1-12(19,5-9(16)17)6-15-11(18)7-3-2-4-8(13)10(7)14/h2-4,19H,5-6,14H2,1H3,(H,15,18)(H,16,17). The Labute approximate surface area is 109 Å². The van der Waals surface area contributed by atoms with Crippen LogP contribution in [0.15, 0.2) is 18.2 Å². The van der Waals surface area contributed by atoms with E-state index in [0.29, 0.717) is 0 Å². The number of rotatable bonds is 5. The van der Waals surface area contributed by atoms with E-state index in [1.807, 2.05) is 0 Å². The number of hydrogen-bond acceptors (Lipinski definition) is 4. The van der Waals surface area contributed by atoms with Crippen LogP contribution in [0.4, 0.5) is 10.1 Å². The number of nitrogens with two attached hydrogens (primary N) is 1. The molecule has 0 aliphatic heterocycles. The van der Waals surface area contributed by atoms with E-state index < -0.39 is 29.7 Å². The average molecular weight is 270 g/mol. The molecule has 1 aromatic rings. The third-order valence-corrected chi connectivity index (χ3v) is 2.46. The number of aliphatic carboxylic acids is 1. The molecule has 0 saturated heterocycles. The number of carbonyl (C=O) groups excluding carboxylic acids is 1. The number of anilines is 1. The molecule has 104 valence electrons. The summed E-state index contributed by atoms with van der Waals surface area (Å²) in [6, 6.07) is 3.78. The van der Waals surface area contributed by atoms with E-state index in [4.69, 9.17) is 10.8 Å². The quantitative estimate of drug-likeness (QED) is 0.577. The number of nitrogen functional groups attached to an aromatic ring is 1. The average Bonchev–Trinajstić information content (AvgIpc) is 2.28. The zero-order chi connectivity index (χ0) is 14.6. The summed E-state index contributed by atoms with van der Waals surface area (Å²) in [5.74, 6) is -2.59. The molecular formula is C12H15FN2O4. The second-order valence-corrected chi connectivity index (χ2v) is 4.45. The van der Waals surface area contributed by atoms with Gasteiger partial charge in [0.15, 0.2) is 0 Å². The summed E-state index contributed by atoms with van der Waals surface area (Å²) in [4.78, 5) is 22.2. The molecule has 0 aliphatic rings. The zero-order valence-corrected chi connectivity index (χ0v) is 10.3. The van der Waals surface area contributed by atoms with Crippen LogP contribution >= 0.6 is 0 Å². The van der Waals surface area contributed by atoms with Gasteiger partial charge >= 0.3 is 5.97 Å². The van der Waals surface area contributed by atoms with Crippen LogP contribution < -0.4 is 11.1 Å². The molecule has 0 saturated carbocycles. The SMILES string of the molecule is CC(O)(CNC(=O)c1cccc(F)c1N)CC(=O)O. The van der Waals surface area contributed by atoms with Gasteiger partial charge in [0.1, 0.15) is 5.82 Å². The molecule has 0 spiro atoms. The van der Waals surface area contributed by atoms with Crippen LogP contribution in [0.25, 0.3) is 0 Å². The minimum Gasteiger partial charge on any atom is -0.481 e. The van der Waals surface area contributed by atoms with Gasteiger partial charge in [-0.15, -0.1) is 0 Å². The Balaban J connectivity index is 2.71. The van der Waals surface area contributed by atoms with Crippen LogP contribution in [-0.4, -0.2) is 34.2 Å². The largest absolute Gasteiger partial charge is 0.481 e. The zero-order valence-electron chi connectivity index (χ0n) is 10.3. The Bertz CT molecular complexity index is 503. The Morgan fingerprint density at radius 1 is 1.47 bits per heavy atom. The lowest BCUT2D eigenvalue weighted by Gasteiger charge is -2.21. The van der Waals surface area contributed by atoms with Gasteiger partial charge in [-0.25, -0.2) is 4.39 Å². The van der Waals surface area contributed by atoms with Crippen LogP contribution in [0.2, 0.25) is 0 Å². The Kier molecular flexibility index (Phi) is 4.44. The number of hydrogen-bond donors (Lipinski definition) is 4. The van der Waals surface area contributed by atoms with Gasteiger partial charge in [0.25, 0.3) is 5.91 Å². The minimum atomic E-state index is -1.59. The molecule has 1 rings (SSSR count). The summed E-state index contributed by atoms with van der Waals surface area (Å²) in [5.41, 5.74) is 3.46. The lowest BCUT2D eigenvalue weighted by molar-refractivity contribution is -0.141. The van der Waals surface area contributed by atoms with Crippen molar-refractivity contribution in [2.75, 3.05) is 12.3 Å². The van der Waals surface area contributed by atoms with E-state index >= 15 is 0 Å². The monoisotopic (exact) mass is 270 g/mol. The first-order chi connectivity index (χ1) is 8.73. The maximum Gasteiger partial charge on any atom is 0.306 e. The maximum atomic E-state index is 13.2. The number of nitrogens with one attached hydrogen (secondary N) is 1. The number of aliphatic hydroxyl groups is 1. The molecule has 6 nitrogen and oxygen atoms in total. The normalized spacial score (nSPS) is 13.6. The molecule has 5 N–H and O–H groups in total. The Hall–Kier alpha value is -2.15. The number of carboxylic acids is 1. The van der Waals surface area contributed by atoms with E-state index in [0.717, 1.165) is 6.07 Å². The number of amides is 1. The van der Waals surface area contributed by atoms with Crippen LogP contribution in [-0.2, 0) is 4.79 Å². The fourth-order valence-corrected chi connectivity index (χ4v) is 1.49. The first kappa shape index (κ1) is 14.9. The Morgan fingerprint density at radius 2 is 2.11 bits per heavy atom.